The van der Waals surface area contributed by atoms with Gasteiger partial charge in [0, 0.05) is 0 Å². The van der Waals surface area contributed by atoms with Gasteiger partial charge in [-0.15, -0.1) is 0 Å². The molecule has 0 aromatic heterocycles. The molecule has 48 heavy (non-hydrogen) atoms. The molecular weight excluding hydrogens is 661 g/mol. The fourth-order valence-electron chi connectivity index (χ4n) is 5.70. The summed E-state index contributed by atoms with van der Waals surface area (Å²) in [5.74, 6) is -2.99. The zero-order valence-corrected chi connectivity index (χ0v) is 27.7. The molecule has 0 amide bonds. The zero-order valence-electron chi connectivity index (χ0n) is 26.1. The van der Waals surface area contributed by atoms with Gasteiger partial charge in [-0.2, -0.15) is 16.8 Å². The van der Waals surface area contributed by atoms with E-state index in [4.69, 9.17) is 0 Å². The fraction of sp³-hybridized carbons (Fsp3) is 0.235. The smallest absolute Gasteiger partial charge is 0.296 e. The maximum atomic E-state index is 14.1. The number of anilines is 4. The average molecular weight is 695 g/mol. The summed E-state index contributed by atoms with van der Waals surface area (Å²) in [5.41, 5.74) is -0.735. The van der Waals surface area contributed by atoms with Crippen molar-refractivity contribution >= 4 is 54.6 Å². The Morgan fingerprint density at radius 2 is 0.896 bits per heavy atom. The maximum Gasteiger partial charge on any atom is 0.296 e. The number of phenolic OH excluding ortho intramolecular Hbond substituents is 2. The van der Waals surface area contributed by atoms with E-state index in [2.05, 4.69) is 10.6 Å². The van der Waals surface area contributed by atoms with Crippen molar-refractivity contribution in [2.24, 2.45) is 0 Å². The third-order valence-electron chi connectivity index (χ3n) is 8.10. The summed E-state index contributed by atoms with van der Waals surface area (Å²) >= 11 is 0. The van der Waals surface area contributed by atoms with Crippen molar-refractivity contribution in [1.82, 2.24) is 0 Å². The van der Waals surface area contributed by atoms with E-state index >= 15 is 0 Å². The molecule has 0 heterocycles. The van der Waals surface area contributed by atoms with Crippen LogP contribution in [0.25, 0.3) is 0 Å². The summed E-state index contributed by atoms with van der Waals surface area (Å²) in [5, 5.41) is 26.9. The number of rotatable bonds is 12. The molecule has 252 valence electrons. The molecule has 5 rings (SSSR count). The molecular formula is C34H34N2O10S2. The molecule has 4 aromatic carbocycles. The van der Waals surface area contributed by atoms with Crippen molar-refractivity contribution in [2.75, 3.05) is 10.6 Å². The average Bonchev–Trinajstić information content (AvgIpc) is 3.03. The summed E-state index contributed by atoms with van der Waals surface area (Å²) < 4.78 is 69.8. The van der Waals surface area contributed by atoms with Gasteiger partial charge in [-0.25, -0.2) is 0 Å². The van der Waals surface area contributed by atoms with E-state index in [0.29, 0.717) is 24.0 Å². The second-order valence-electron chi connectivity index (χ2n) is 11.5. The summed E-state index contributed by atoms with van der Waals surface area (Å²) in [6, 6.07) is 13.5. The monoisotopic (exact) mass is 694 g/mol. The van der Waals surface area contributed by atoms with E-state index in [0.717, 1.165) is 37.8 Å². The van der Waals surface area contributed by atoms with Gasteiger partial charge in [0.05, 0.1) is 45.0 Å². The van der Waals surface area contributed by atoms with Crippen LogP contribution in [0.15, 0.2) is 70.5 Å². The Bertz CT molecular complexity index is 2020. The Labute approximate surface area is 278 Å². The number of unbranched alkanes of at least 4 members (excludes halogenated alkanes) is 2. The highest BCUT2D eigenvalue weighted by Gasteiger charge is 2.38. The molecule has 1 aliphatic carbocycles. The lowest BCUT2D eigenvalue weighted by atomic mass is 9.81. The van der Waals surface area contributed by atoms with Gasteiger partial charge in [-0.1, -0.05) is 38.8 Å². The van der Waals surface area contributed by atoms with Gasteiger partial charge in [0.1, 0.15) is 21.3 Å². The zero-order chi connectivity index (χ0) is 35.0. The van der Waals surface area contributed by atoms with Crippen molar-refractivity contribution in [2.45, 2.75) is 62.2 Å². The van der Waals surface area contributed by atoms with Crippen LogP contribution in [0, 0.1) is 0 Å². The van der Waals surface area contributed by atoms with Crippen LogP contribution >= 0.6 is 0 Å². The van der Waals surface area contributed by atoms with Gasteiger partial charge in [0.15, 0.2) is 0 Å². The lowest BCUT2D eigenvalue weighted by Gasteiger charge is -2.25. The number of benzene rings is 4. The Morgan fingerprint density at radius 3 is 1.23 bits per heavy atom. The number of hydrogen-bond donors (Lipinski definition) is 6. The van der Waals surface area contributed by atoms with E-state index in [9.17, 15) is 45.7 Å². The van der Waals surface area contributed by atoms with Gasteiger partial charge in [0.25, 0.3) is 20.2 Å². The minimum Gasteiger partial charge on any atom is -0.507 e. The lowest BCUT2D eigenvalue weighted by Crippen LogP contribution is -2.24. The van der Waals surface area contributed by atoms with Crippen LogP contribution < -0.4 is 10.6 Å². The molecule has 0 saturated carbocycles. The van der Waals surface area contributed by atoms with Crippen LogP contribution in [0.2, 0.25) is 0 Å². The van der Waals surface area contributed by atoms with Crippen LogP contribution in [0.3, 0.4) is 0 Å². The van der Waals surface area contributed by atoms with Gasteiger partial charge < -0.3 is 20.8 Å². The van der Waals surface area contributed by atoms with Crippen molar-refractivity contribution in [3.8, 4) is 11.5 Å². The predicted octanol–water partition coefficient (Wildman–Crippen LogP) is 6.54. The SMILES string of the molecule is CCCCc1ccc(Nc2ccc(Nc3ccc(CCCC)cc3S(=O)(=O)O)c3c2C(=O)c2c(O)ccc(O)c2C3=O)c(S(=O)(=O)O)c1. The number of hydrogen-bond acceptors (Lipinski definition) is 10. The van der Waals surface area contributed by atoms with Gasteiger partial charge in [-0.3, -0.25) is 18.7 Å². The minimum absolute atomic E-state index is 0.0848. The van der Waals surface area contributed by atoms with Crippen molar-refractivity contribution in [3.05, 3.63) is 94.0 Å². The lowest BCUT2D eigenvalue weighted by molar-refractivity contribution is 0.0975. The van der Waals surface area contributed by atoms with Crippen molar-refractivity contribution < 1.29 is 45.7 Å². The molecule has 4 aromatic rings. The predicted molar refractivity (Wildman–Crippen MR) is 179 cm³/mol. The third-order valence-corrected chi connectivity index (χ3v) is 9.89. The van der Waals surface area contributed by atoms with Crippen LogP contribution in [0.1, 0.15) is 82.5 Å². The molecule has 0 unspecified atom stereocenters. The Balaban J connectivity index is 1.71. The first-order chi connectivity index (χ1) is 22.6. The van der Waals surface area contributed by atoms with E-state index in [1.807, 2.05) is 13.8 Å². The molecule has 0 atom stereocenters. The highest BCUT2D eigenvalue weighted by atomic mass is 32.2. The second kappa shape index (κ2) is 13.4. The summed E-state index contributed by atoms with van der Waals surface area (Å²) in [7, 11) is -9.53. The van der Waals surface area contributed by atoms with Gasteiger partial charge >= 0.3 is 0 Å². The van der Waals surface area contributed by atoms with E-state index in [1.54, 1.807) is 12.1 Å². The number of phenols is 2. The molecule has 12 nitrogen and oxygen atoms in total. The van der Waals surface area contributed by atoms with Gasteiger partial charge in [0.2, 0.25) is 11.6 Å². The molecule has 1 aliphatic rings. The number of aryl methyl sites for hydroxylation is 2. The number of carbonyl (C=O) groups excluding carboxylic acids is 2. The molecule has 0 saturated heterocycles. The second-order valence-corrected chi connectivity index (χ2v) is 14.3. The maximum absolute atomic E-state index is 14.1. The third kappa shape index (κ3) is 6.78. The van der Waals surface area contributed by atoms with Crippen LogP contribution in [0.5, 0.6) is 11.5 Å². The minimum atomic E-state index is -4.77. The highest BCUT2D eigenvalue weighted by molar-refractivity contribution is 7.86. The highest BCUT2D eigenvalue weighted by Crippen LogP contribution is 2.44. The number of fused-ring (bicyclic) bond motifs is 2. The first kappa shape index (κ1) is 34.6. The Kier molecular flexibility index (Phi) is 9.65. The Morgan fingerprint density at radius 1 is 0.542 bits per heavy atom. The normalized spacial score (nSPS) is 12.8. The first-order valence-electron chi connectivity index (χ1n) is 15.2. The first-order valence-corrected chi connectivity index (χ1v) is 18.1. The van der Waals surface area contributed by atoms with Crippen LogP contribution in [-0.4, -0.2) is 47.7 Å². The summed E-state index contributed by atoms with van der Waals surface area (Å²) in [4.78, 5) is 27.2. The van der Waals surface area contributed by atoms with Crippen LogP contribution in [-0.2, 0) is 33.1 Å². The molecule has 0 spiro atoms. The largest absolute Gasteiger partial charge is 0.507 e. The van der Waals surface area contributed by atoms with Crippen LogP contribution in [0.4, 0.5) is 22.7 Å². The summed E-state index contributed by atoms with van der Waals surface area (Å²) in [6.07, 6.45) is 4.34. The van der Waals surface area contributed by atoms with E-state index in [1.165, 1.54) is 36.4 Å². The molecule has 14 heteroatoms. The summed E-state index contributed by atoms with van der Waals surface area (Å²) in [6.45, 7) is 3.95. The van der Waals surface area contributed by atoms with Crippen molar-refractivity contribution in [1.29, 1.82) is 0 Å². The molecule has 0 fully saturated rings. The fourth-order valence-corrected chi connectivity index (χ4v) is 7.10. The van der Waals surface area contributed by atoms with Crippen molar-refractivity contribution in [3.63, 3.8) is 0 Å². The molecule has 0 bridgehead atoms. The van der Waals surface area contributed by atoms with Gasteiger partial charge in [-0.05, 0) is 85.3 Å². The van der Waals surface area contributed by atoms with E-state index < -0.39 is 64.2 Å². The Hall–Kier alpha value is -4.76. The molecule has 0 radical (unpaired) electrons. The molecule has 6 N–H and O–H groups in total. The number of carbonyl (C=O) groups is 2. The number of aromatic hydroxyl groups is 2. The standard InChI is InChI=1S/C34H34N2O10S2/c1-3-5-7-19-9-11-21(27(17-19)47(41,42)43)35-23-13-14-24(36-22-12-10-20(8-6-4-2)18-28(22)48(44,45)46)30-29(23)33(39)31-25(37)15-16-26(38)32(31)34(30)40/h9-18,35-38H,3-8H2,1-2H3,(H,41,42,43)(H,44,45,46). The topological polar surface area (TPSA) is 207 Å². The molecule has 0 aliphatic heterocycles. The van der Waals surface area contributed by atoms with E-state index in [-0.39, 0.29) is 33.9 Å². The number of nitrogens with one attached hydrogen (secondary N) is 2. The quantitative estimate of drug-likeness (QED) is 0.0608. The number of ketones is 2.